The van der Waals surface area contributed by atoms with Gasteiger partial charge in [-0.05, 0) is 30.3 Å². The van der Waals surface area contributed by atoms with Crippen LogP contribution in [0.1, 0.15) is 20.7 Å². The maximum absolute atomic E-state index is 13.2. The lowest BCUT2D eigenvalue weighted by Gasteiger charge is -2.10. The molecular weight excluding hydrogens is 369 g/mol. The summed E-state index contributed by atoms with van der Waals surface area (Å²) >= 11 is 0. The van der Waals surface area contributed by atoms with E-state index >= 15 is 0 Å². The number of hydrogen-bond acceptors (Lipinski definition) is 5. The van der Waals surface area contributed by atoms with E-state index in [1.807, 2.05) is 0 Å². The highest BCUT2D eigenvalue weighted by molar-refractivity contribution is 6.01. The average molecular weight is 383 g/mol. The van der Waals surface area contributed by atoms with Crippen molar-refractivity contribution in [2.45, 2.75) is 6.54 Å². The summed E-state index contributed by atoms with van der Waals surface area (Å²) in [5.74, 6) is -2.77. The van der Waals surface area contributed by atoms with Gasteiger partial charge in [0, 0.05) is 22.9 Å². The fourth-order valence-corrected chi connectivity index (χ4v) is 2.58. The highest BCUT2D eigenvalue weighted by atomic mass is 19.1. The van der Waals surface area contributed by atoms with Gasteiger partial charge in [0.1, 0.15) is 12.4 Å². The van der Waals surface area contributed by atoms with Gasteiger partial charge in [-0.1, -0.05) is 0 Å². The molecule has 0 saturated heterocycles. The number of rotatable bonds is 5. The standard InChI is InChI=1S/C18H14FN5O4/c19-11-1-2-13-14(6-11)22-8-24(18(13)28)7-15(25)23-12-4-9(16(20)26)3-10(5-12)17(21)27/h1-6,8H,7H2,(H2,20,26)(H2,21,27)(H,23,25). The summed E-state index contributed by atoms with van der Waals surface area (Å²) in [6.45, 7) is -0.397. The number of nitrogens with one attached hydrogen (secondary N) is 1. The van der Waals surface area contributed by atoms with Crippen LogP contribution < -0.4 is 22.3 Å². The van der Waals surface area contributed by atoms with Gasteiger partial charge < -0.3 is 16.8 Å². The van der Waals surface area contributed by atoms with Crippen molar-refractivity contribution in [3.8, 4) is 0 Å². The molecule has 1 aromatic heterocycles. The molecule has 5 N–H and O–H groups in total. The van der Waals surface area contributed by atoms with Gasteiger partial charge in [0.05, 0.1) is 17.2 Å². The van der Waals surface area contributed by atoms with Crippen molar-refractivity contribution in [2.75, 3.05) is 5.32 Å². The van der Waals surface area contributed by atoms with E-state index in [1.165, 1.54) is 24.3 Å². The molecule has 1 heterocycles. The summed E-state index contributed by atoms with van der Waals surface area (Å²) in [6.07, 6.45) is 1.12. The van der Waals surface area contributed by atoms with Crippen molar-refractivity contribution in [2.24, 2.45) is 11.5 Å². The summed E-state index contributed by atoms with van der Waals surface area (Å²) in [5, 5.41) is 2.62. The van der Waals surface area contributed by atoms with Crippen LogP contribution in [-0.4, -0.2) is 27.3 Å². The first-order chi connectivity index (χ1) is 13.2. The minimum atomic E-state index is -0.805. The maximum atomic E-state index is 13.2. The number of benzene rings is 2. The van der Waals surface area contributed by atoms with Gasteiger partial charge in [-0.15, -0.1) is 0 Å². The van der Waals surface area contributed by atoms with Gasteiger partial charge in [-0.3, -0.25) is 23.7 Å². The largest absolute Gasteiger partial charge is 0.366 e. The number of amides is 3. The molecule has 0 spiro atoms. The lowest BCUT2D eigenvalue weighted by Crippen LogP contribution is -2.28. The second-order valence-corrected chi connectivity index (χ2v) is 5.91. The van der Waals surface area contributed by atoms with Crippen molar-refractivity contribution in [1.82, 2.24) is 9.55 Å². The summed E-state index contributed by atoms with van der Waals surface area (Å²) in [5.41, 5.74) is 10.1. The molecule has 0 aliphatic carbocycles. The van der Waals surface area contributed by atoms with Crippen LogP contribution >= 0.6 is 0 Å². The number of nitrogens with zero attached hydrogens (tertiary/aromatic N) is 2. The van der Waals surface area contributed by atoms with E-state index in [2.05, 4.69) is 10.3 Å². The zero-order valence-corrected chi connectivity index (χ0v) is 14.3. The molecule has 3 aromatic rings. The topological polar surface area (TPSA) is 150 Å². The van der Waals surface area contributed by atoms with E-state index in [0.717, 1.165) is 23.0 Å². The van der Waals surface area contributed by atoms with E-state index < -0.39 is 35.6 Å². The molecule has 28 heavy (non-hydrogen) atoms. The molecule has 0 saturated carbocycles. The second kappa shape index (κ2) is 7.27. The van der Waals surface area contributed by atoms with Gasteiger partial charge in [-0.25, -0.2) is 9.37 Å². The summed E-state index contributed by atoms with van der Waals surface area (Å²) in [7, 11) is 0. The van der Waals surface area contributed by atoms with Crippen LogP contribution in [-0.2, 0) is 11.3 Å². The third kappa shape index (κ3) is 3.85. The molecule has 3 amide bonds. The Labute approximate surface area is 156 Å². The van der Waals surface area contributed by atoms with Crippen LogP contribution in [0.25, 0.3) is 10.9 Å². The normalized spacial score (nSPS) is 10.6. The molecule has 0 unspecified atom stereocenters. The van der Waals surface area contributed by atoms with Crippen molar-refractivity contribution in [3.63, 3.8) is 0 Å². The number of nitrogens with two attached hydrogens (primary N) is 2. The SMILES string of the molecule is NC(=O)c1cc(NC(=O)Cn2cnc3cc(F)ccc3c2=O)cc(C(N)=O)c1. The number of aromatic nitrogens is 2. The van der Waals surface area contributed by atoms with Crippen molar-refractivity contribution < 1.29 is 18.8 Å². The molecule has 142 valence electrons. The van der Waals surface area contributed by atoms with Crippen LogP contribution in [0.15, 0.2) is 47.5 Å². The Morgan fingerprint density at radius 3 is 2.29 bits per heavy atom. The minimum absolute atomic E-state index is 0.0156. The zero-order chi connectivity index (χ0) is 20.4. The van der Waals surface area contributed by atoms with Crippen LogP contribution in [0.2, 0.25) is 0 Å². The van der Waals surface area contributed by atoms with Gasteiger partial charge >= 0.3 is 0 Å². The molecule has 0 bridgehead atoms. The number of fused-ring (bicyclic) bond motifs is 1. The van der Waals surface area contributed by atoms with Gasteiger partial charge in [0.25, 0.3) is 5.56 Å². The molecule has 2 aromatic carbocycles. The summed E-state index contributed by atoms with van der Waals surface area (Å²) < 4.78 is 14.3. The highest BCUT2D eigenvalue weighted by Crippen LogP contribution is 2.15. The van der Waals surface area contributed by atoms with Crippen LogP contribution in [0.4, 0.5) is 10.1 Å². The monoisotopic (exact) mass is 383 g/mol. The summed E-state index contributed by atoms with van der Waals surface area (Å²) in [4.78, 5) is 51.4. The third-order valence-corrected chi connectivity index (χ3v) is 3.89. The maximum Gasteiger partial charge on any atom is 0.261 e. The predicted octanol–water partition coefficient (Wildman–Crippen LogP) is 0.372. The van der Waals surface area contributed by atoms with Crippen LogP contribution in [0.5, 0.6) is 0 Å². The number of carbonyl (C=O) groups is 3. The molecule has 10 heteroatoms. The molecular formula is C18H14FN5O4. The van der Waals surface area contributed by atoms with E-state index in [0.29, 0.717) is 0 Å². The quantitative estimate of drug-likeness (QED) is 0.582. The van der Waals surface area contributed by atoms with E-state index in [1.54, 1.807) is 0 Å². The number of halogens is 1. The summed E-state index contributed by atoms with van der Waals surface area (Å²) in [6, 6.07) is 7.27. The van der Waals surface area contributed by atoms with Crippen LogP contribution in [0, 0.1) is 5.82 Å². The first-order valence-electron chi connectivity index (χ1n) is 7.94. The molecule has 3 rings (SSSR count). The minimum Gasteiger partial charge on any atom is -0.366 e. The van der Waals surface area contributed by atoms with Gasteiger partial charge in [0.2, 0.25) is 17.7 Å². The van der Waals surface area contributed by atoms with E-state index in [-0.39, 0.29) is 27.7 Å². The third-order valence-electron chi connectivity index (χ3n) is 3.89. The molecule has 0 fully saturated rings. The molecule has 0 aliphatic heterocycles. The predicted molar refractivity (Wildman–Crippen MR) is 98.1 cm³/mol. The number of hydrogen-bond donors (Lipinski definition) is 3. The Hall–Kier alpha value is -4.08. The van der Waals surface area contributed by atoms with Crippen molar-refractivity contribution in [1.29, 1.82) is 0 Å². The number of anilines is 1. The molecule has 0 aliphatic rings. The van der Waals surface area contributed by atoms with E-state index in [9.17, 15) is 23.6 Å². The second-order valence-electron chi connectivity index (χ2n) is 5.91. The van der Waals surface area contributed by atoms with Crippen LogP contribution in [0.3, 0.4) is 0 Å². The lowest BCUT2D eigenvalue weighted by atomic mass is 10.1. The van der Waals surface area contributed by atoms with Crippen molar-refractivity contribution >= 4 is 34.3 Å². The van der Waals surface area contributed by atoms with Gasteiger partial charge in [-0.2, -0.15) is 0 Å². The molecule has 9 nitrogen and oxygen atoms in total. The smallest absolute Gasteiger partial charge is 0.261 e. The average Bonchev–Trinajstić information content (AvgIpc) is 2.63. The first-order valence-corrected chi connectivity index (χ1v) is 7.94. The Balaban J connectivity index is 1.87. The fourth-order valence-electron chi connectivity index (χ4n) is 2.58. The first kappa shape index (κ1) is 18.7. The Kier molecular flexibility index (Phi) is 4.86. The zero-order valence-electron chi connectivity index (χ0n) is 14.3. The van der Waals surface area contributed by atoms with Crippen molar-refractivity contribution in [3.05, 3.63) is 70.0 Å². The van der Waals surface area contributed by atoms with Gasteiger partial charge in [0.15, 0.2) is 0 Å². The fraction of sp³-hybridized carbons (Fsp3) is 0.0556. The Bertz CT molecular complexity index is 1160. The number of carbonyl (C=O) groups excluding carboxylic acids is 3. The Morgan fingerprint density at radius 2 is 1.68 bits per heavy atom. The Morgan fingerprint density at radius 1 is 1.04 bits per heavy atom. The highest BCUT2D eigenvalue weighted by Gasteiger charge is 2.13. The molecule has 0 radical (unpaired) electrons. The van der Waals surface area contributed by atoms with E-state index in [4.69, 9.17) is 11.5 Å². The number of primary amides is 2. The molecule has 0 atom stereocenters. The lowest BCUT2D eigenvalue weighted by molar-refractivity contribution is -0.116.